The fourth-order valence-electron chi connectivity index (χ4n) is 0.820. The van der Waals surface area contributed by atoms with Crippen LogP contribution >= 0.6 is 11.6 Å². The van der Waals surface area contributed by atoms with Gasteiger partial charge in [-0.05, 0) is 11.6 Å². The molecular weight excluding hydrogens is 249 g/mol. The van der Waals surface area contributed by atoms with E-state index in [1.54, 1.807) is 0 Å². The van der Waals surface area contributed by atoms with Crippen molar-refractivity contribution in [2.45, 2.75) is 12.3 Å². The first-order valence-corrected chi connectivity index (χ1v) is 4.45. The molecule has 0 bridgehead atoms. The van der Waals surface area contributed by atoms with Gasteiger partial charge in [-0.3, -0.25) is 0 Å². The first kappa shape index (κ1) is 12.8. The van der Waals surface area contributed by atoms with Gasteiger partial charge < -0.3 is 16.2 Å². The van der Waals surface area contributed by atoms with Crippen LogP contribution in [0.2, 0.25) is 5.28 Å². The molecule has 1 aromatic rings. The number of alkyl halides is 3. The molecule has 16 heavy (non-hydrogen) atoms. The summed E-state index contributed by atoms with van der Waals surface area (Å²) in [5.74, 6) is -0.0525. The van der Waals surface area contributed by atoms with E-state index in [2.05, 4.69) is 15.3 Å². The summed E-state index contributed by atoms with van der Waals surface area (Å²) < 4.78 is 35.9. The van der Waals surface area contributed by atoms with Crippen molar-refractivity contribution >= 4 is 23.1 Å². The van der Waals surface area contributed by atoms with Crippen molar-refractivity contribution in [1.29, 1.82) is 0 Å². The highest BCUT2D eigenvalue weighted by Gasteiger charge is 2.37. The molecule has 1 atom stereocenters. The predicted octanol–water partition coefficient (Wildman–Crippen LogP) is 1.05. The van der Waals surface area contributed by atoms with E-state index in [1.165, 1.54) is 0 Å². The number of hydrogen-bond donors (Lipinski definition) is 3. The van der Waals surface area contributed by atoms with Crippen molar-refractivity contribution in [2.75, 3.05) is 17.6 Å². The van der Waals surface area contributed by atoms with Gasteiger partial charge in [0.15, 0.2) is 11.9 Å². The van der Waals surface area contributed by atoms with Gasteiger partial charge in [-0.2, -0.15) is 18.2 Å². The number of aromatic nitrogens is 2. The highest BCUT2D eigenvalue weighted by atomic mass is 35.5. The average molecular weight is 257 g/mol. The maximum atomic E-state index is 12.0. The van der Waals surface area contributed by atoms with Gasteiger partial charge in [0.05, 0.1) is 18.4 Å². The molecule has 1 heterocycles. The van der Waals surface area contributed by atoms with Crippen LogP contribution in [0.15, 0.2) is 6.20 Å². The van der Waals surface area contributed by atoms with Crippen molar-refractivity contribution in [1.82, 2.24) is 9.97 Å². The fraction of sp³-hybridized carbons (Fsp3) is 0.429. The van der Waals surface area contributed by atoms with E-state index in [0.717, 1.165) is 6.20 Å². The van der Waals surface area contributed by atoms with Crippen LogP contribution in [-0.4, -0.2) is 33.9 Å². The van der Waals surface area contributed by atoms with Crippen LogP contribution < -0.4 is 11.1 Å². The van der Waals surface area contributed by atoms with E-state index in [-0.39, 0.29) is 16.8 Å². The lowest BCUT2D eigenvalue weighted by molar-refractivity contribution is -0.198. The molecule has 0 amide bonds. The van der Waals surface area contributed by atoms with Crippen LogP contribution in [0.25, 0.3) is 0 Å². The lowest BCUT2D eigenvalue weighted by Crippen LogP contribution is -2.35. The van der Waals surface area contributed by atoms with E-state index < -0.39 is 18.8 Å². The second-order valence-electron chi connectivity index (χ2n) is 2.88. The van der Waals surface area contributed by atoms with Gasteiger partial charge in [-0.1, -0.05) is 0 Å². The summed E-state index contributed by atoms with van der Waals surface area (Å²) in [6, 6.07) is 0. The third-order valence-electron chi connectivity index (χ3n) is 1.63. The third-order valence-corrected chi connectivity index (χ3v) is 1.81. The average Bonchev–Trinajstić information content (AvgIpc) is 2.17. The van der Waals surface area contributed by atoms with E-state index in [4.69, 9.17) is 22.4 Å². The number of aliphatic hydroxyl groups is 1. The minimum Gasteiger partial charge on any atom is -0.394 e. The number of aliphatic hydroxyl groups excluding tert-OH is 1. The second kappa shape index (κ2) is 4.71. The molecule has 1 aromatic heterocycles. The highest BCUT2D eigenvalue weighted by molar-refractivity contribution is 6.28. The number of nitrogens with one attached hydrogen (secondary N) is 1. The molecule has 1 rings (SSSR count). The van der Waals surface area contributed by atoms with Crippen molar-refractivity contribution in [3.05, 3.63) is 11.5 Å². The van der Waals surface area contributed by atoms with Crippen molar-refractivity contribution in [3.8, 4) is 0 Å². The number of nitrogens with zero attached hydrogens (tertiary/aromatic N) is 2. The zero-order chi connectivity index (χ0) is 12.3. The van der Waals surface area contributed by atoms with Gasteiger partial charge in [-0.15, -0.1) is 0 Å². The minimum absolute atomic E-state index is 0.0405. The highest BCUT2D eigenvalue weighted by Crippen LogP contribution is 2.21. The van der Waals surface area contributed by atoms with Gasteiger partial charge in [0.25, 0.3) is 0 Å². The number of nitrogens with two attached hydrogens (primary N) is 1. The normalized spacial score (nSPS) is 13.6. The molecule has 5 nitrogen and oxygen atoms in total. The summed E-state index contributed by atoms with van der Waals surface area (Å²) in [4.78, 5) is 7.09. The standard InChI is InChI=1S/C7H8ClF3N4O/c8-6-14-1-3(12)5(15-6)13-2-4(16)7(9,10)11/h1,4,16H,2,12H2,(H,13,14,15). The molecule has 0 fully saturated rings. The molecule has 4 N–H and O–H groups in total. The van der Waals surface area contributed by atoms with Gasteiger partial charge in [0, 0.05) is 0 Å². The Hall–Kier alpha value is -1.28. The Balaban J connectivity index is 2.64. The summed E-state index contributed by atoms with van der Waals surface area (Å²) in [5, 5.41) is 10.8. The summed E-state index contributed by atoms with van der Waals surface area (Å²) in [6.45, 7) is -0.763. The molecule has 0 saturated heterocycles. The first-order chi connectivity index (χ1) is 7.30. The Bertz CT molecular complexity index is 373. The SMILES string of the molecule is Nc1cnc(Cl)nc1NCC(O)C(F)(F)F. The molecule has 0 spiro atoms. The van der Waals surface area contributed by atoms with Crippen LogP contribution in [0.5, 0.6) is 0 Å². The van der Waals surface area contributed by atoms with Crippen LogP contribution in [0, 0.1) is 0 Å². The maximum Gasteiger partial charge on any atom is 0.416 e. The zero-order valence-corrected chi connectivity index (χ0v) is 8.55. The molecule has 0 aliphatic heterocycles. The van der Waals surface area contributed by atoms with Crippen molar-refractivity contribution < 1.29 is 18.3 Å². The number of hydrogen-bond acceptors (Lipinski definition) is 5. The topological polar surface area (TPSA) is 84.1 Å². The predicted molar refractivity (Wildman–Crippen MR) is 52.0 cm³/mol. The van der Waals surface area contributed by atoms with Crippen LogP contribution in [0.1, 0.15) is 0 Å². The smallest absolute Gasteiger partial charge is 0.394 e. The lowest BCUT2D eigenvalue weighted by Gasteiger charge is -2.15. The molecule has 0 aliphatic carbocycles. The molecule has 0 aliphatic rings. The molecule has 0 aromatic carbocycles. The second-order valence-corrected chi connectivity index (χ2v) is 3.22. The van der Waals surface area contributed by atoms with Crippen molar-refractivity contribution in [2.24, 2.45) is 0 Å². The molecule has 0 radical (unpaired) electrons. The quantitative estimate of drug-likeness (QED) is 0.704. The van der Waals surface area contributed by atoms with Crippen molar-refractivity contribution in [3.63, 3.8) is 0 Å². The Morgan fingerprint density at radius 3 is 2.75 bits per heavy atom. The number of rotatable bonds is 3. The van der Waals surface area contributed by atoms with Gasteiger partial charge in [0.1, 0.15) is 0 Å². The zero-order valence-electron chi connectivity index (χ0n) is 7.79. The minimum atomic E-state index is -4.70. The van der Waals surface area contributed by atoms with E-state index in [9.17, 15) is 13.2 Å². The maximum absolute atomic E-state index is 12.0. The summed E-state index contributed by atoms with van der Waals surface area (Å²) in [5.41, 5.74) is 5.42. The summed E-state index contributed by atoms with van der Waals surface area (Å²) >= 11 is 5.42. The van der Waals surface area contributed by atoms with Gasteiger partial charge in [-0.25, -0.2) is 4.98 Å². The van der Waals surface area contributed by atoms with Crippen LogP contribution in [-0.2, 0) is 0 Å². The number of anilines is 2. The number of halogens is 4. The summed E-state index contributed by atoms with van der Waals surface area (Å²) in [6.07, 6.45) is -6.04. The largest absolute Gasteiger partial charge is 0.416 e. The summed E-state index contributed by atoms with van der Waals surface area (Å²) in [7, 11) is 0. The van der Waals surface area contributed by atoms with Crippen LogP contribution in [0.4, 0.5) is 24.7 Å². The fourth-order valence-corrected chi connectivity index (χ4v) is 0.954. The third kappa shape index (κ3) is 3.38. The van der Waals surface area contributed by atoms with Gasteiger partial charge >= 0.3 is 6.18 Å². The molecular formula is C7H8ClF3N4O. The molecule has 1 unspecified atom stereocenters. The van der Waals surface area contributed by atoms with Crippen LogP contribution in [0.3, 0.4) is 0 Å². The Kier molecular flexibility index (Phi) is 3.76. The van der Waals surface area contributed by atoms with E-state index in [1.807, 2.05) is 0 Å². The molecule has 90 valence electrons. The monoisotopic (exact) mass is 256 g/mol. The van der Waals surface area contributed by atoms with Gasteiger partial charge in [0.2, 0.25) is 5.28 Å². The molecule has 0 saturated carbocycles. The van der Waals surface area contributed by atoms with E-state index >= 15 is 0 Å². The number of nitrogen functional groups attached to an aromatic ring is 1. The van der Waals surface area contributed by atoms with E-state index in [0.29, 0.717) is 0 Å². The Labute approximate surface area is 93.4 Å². The Morgan fingerprint density at radius 2 is 2.19 bits per heavy atom. The first-order valence-electron chi connectivity index (χ1n) is 4.07. The Morgan fingerprint density at radius 1 is 1.56 bits per heavy atom. The lowest BCUT2D eigenvalue weighted by atomic mass is 10.3. The molecule has 9 heteroatoms.